The molecule has 0 aliphatic rings. The van der Waals surface area contributed by atoms with Crippen molar-refractivity contribution in [2.45, 2.75) is 13.1 Å². The van der Waals surface area contributed by atoms with Gasteiger partial charge in [0.05, 0.1) is 13.1 Å². The predicted molar refractivity (Wildman–Crippen MR) is 93.3 cm³/mol. The molecule has 0 spiro atoms. The van der Waals surface area contributed by atoms with E-state index in [9.17, 15) is 28.8 Å². The van der Waals surface area contributed by atoms with Crippen LogP contribution in [0.15, 0.2) is 52.3 Å². The lowest BCUT2D eigenvalue weighted by atomic mass is 10.6. The molecule has 0 N–H and O–H groups in total. The number of aromatic nitrogens is 3. The molecule has 28 heavy (non-hydrogen) atoms. The Hall–Kier alpha value is -3.96. The van der Waals surface area contributed by atoms with Crippen LogP contribution in [-0.4, -0.2) is 45.0 Å². The highest BCUT2D eigenvalue weighted by molar-refractivity contribution is 5.81. The monoisotopic (exact) mass is 395 g/mol. The van der Waals surface area contributed by atoms with Crippen LogP contribution in [0.3, 0.4) is 0 Å². The van der Waals surface area contributed by atoms with Crippen LogP contribution < -0.4 is 21.9 Å². The summed E-state index contributed by atoms with van der Waals surface area (Å²) in [6.07, 6.45) is 2.45. The lowest BCUT2D eigenvalue weighted by Crippen LogP contribution is -2.57. The molecule has 150 valence electrons. The smallest absolute Gasteiger partial charge is 0.370 e. The third-order valence-corrected chi connectivity index (χ3v) is 3.07. The number of hydrogen-bond donors (Lipinski definition) is 0. The van der Waals surface area contributed by atoms with E-state index in [1.807, 2.05) is 0 Å². The van der Waals surface area contributed by atoms with Crippen molar-refractivity contribution in [1.82, 2.24) is 13.9 Å². The lowest BCUT2D eigenvalue weighted by Gasteiger charge is -2.13. The number of carbonyl (C=O) groups excluding carboxylic acids is 3. The highest BCUT2D eigenvalue weighted by Crippen LogP contribution is 1.84. The van der Waals surface area contributed by atoms with Crippen molar-refractivity contribution in [2.24, 2.45) is 0 Å². The summed E-state index contributed by atoms with van der Waals surface area (Å²) < 4.78 is 10.4. The van der Waals surface area contributed by atoms with Crippen LogP contribution in [0.1, 0.15) is 0 Å². The Morgan fingerprint density at radius 1 is 0.714 bits per heavy atom. The third kappa shape index (κ3) is 5.52. The molecule has 0 bridgehead atoms. The summed E-state index contributed by atoms with van der Waals surface area (Å²) in [4.78, 5) is 75.2. The maximum absolute atomic E-state index is 12.4. The number of carbonyl (C=O) groups is 3. The van der Waals surface area contributed by atoms with Gasteiger partial charge in [0, 0.05) is 18.2 Å². The molecule has 0 fully saturated rings. The Morgan fingerprint density at radius 3 is 1.46 bits per heavy atom. The highest BCUT2D eigenvalue weighted by atomic mass is 16.7. The van der Waals surface area contributed by atoms with Gasteiger partial charge in [-0.15, -0.1) is 0 Å². The van der Waals surface area contributed by atoms with Crippen molar-refractivity contribution in [2.75, 3.05) is 13.2 Å². The Labute approximate surface area is 157 Å². The van der Waals surface area contributed by atoms with Crippen LogP contribution in [0.4, 0.5) is 0 Å². The van der Waals surface area contributed by atoms with Gasteiger partial charge in [-0.2, -0.15) is 0 Å². The van der Waals surface area contributed by atoms with E-state index >= 15 is 0 Å². The zero-order chi connectivity index (χ0) is 21.3. The van der Waals surface area contributed by atoms with Gasteiger partial charge >= 0.3 is 35.0 Å². The van der Waals surface area contributed by atoms with Crippen LogP contribution in [0.2, 0.25) is 0 Å². The molecule has 0 saturated carbocycles. The first-order chi connectivity index (χ1) is 13.3. The van der Waals surface area contributed by atoms with Gasteiger partial charge in [0.2, 0.25) is 0 Å². The molecular weight excluding hydrogens is 378 g/mol. The second-order valence-electron chi connectivity index (χ2n) is 4.80. The van der Waals surface area contributed by atoms with Crippen LogP contribution in [-0.2, 0) is 36.9 Å². The number of esters is 2. The summed E-state index contributed by atoms with van der Waals surface area (Å²) >= 11 is 0. The van der Waals surface area contributed by atoms with Gasteiger partial charge in [-0.1, -0.05) is 24.5 Å². The first-order valence-electron chi connectivity index (χ1n) is 7.66. The Balaban J connectivity index is 3.33. The molecule has 0 amide bonds. The van der Waals surface area contributed by atoms with Crippen molar-refractivity contribution in [1.29, 1.82) is 0 Å². The number of rotatable bonds is 10. The molecule has 0 unspecified atom stereocenters. The molecule has 1 rings (SSSR count). The quantitative estimate of drug-likeness (QED) is 0.317. The summed E-state index contributed by atoms with van der Waals surface area (Å²) in [7, 11) is 0. The van der Waals surface area contributed by atoms with E-state index in [-0.39, 0.29) is 4.73 Å². The summed E-state index contributed by atoms with van der Waals surface area (Å²) in [5.74, 6) is -2.72. The van der Waals surface area contributed by atoms with Gasteiger partial charge in [0.15, 0.2) is 0 Å². The molecule has 1 aromatic heterocycles. The fraction of sp³-hybridized carbons (Fsp3) is 0.250. The molecule has 0 aromatic carbocycles. The average molecular weight is 395 g/mol. The number of hydrogen-bond acceptors (Lipinski definition) is 9. The Bertz CT molecular complexity index is 916. The summed E-state index contributed by atoms with van der Waals surface area (Å²) in [5, 5.41) is 0. The van der Waals surface area contributed by atoms with E-state index in [1.54, 1.807) is 0 Å². The average Bonchev–Trinajstić information content (AvgIpc) is 2.69. The molecular formula is C16H17N3O9. The predicted octanol–water partition coefficient (Wildman–Crippen LogP) is -2.23. The van der Waals surface area contributed by atoms with Crippen molar-refractivity contribution in [3.05, 3.63) is 69.4 Å². The van der Waals surface area contributed by atoms with Crippen LogP contribution >= 0.6 is 0 Å². The van der Waals surface area contributed by atoms with E-state index in [0.29, 0.717) is 15.2 Å². The number of ether oxygens (including phenoxy) is 2. The fourth-order valence-electron chi connectivity index (χ4n) is 1.79. The van der Waals surface area contributed by atoms with Gasteiger partial charge in [0.25, 0.3) is 0 Å². The maximum atomic E-state index is 12.4. The maximum Gasteiger partial charge on any atom is 0.370 e. The van der Waals surface area contributed by atoms with E-state index in [1.165, 1.54) is 0 Å². The Kier molecular flexibility index (Phi) is 8.09. The number of nitrogens with zero attached hydrogens (tertiary/aromatic N) is 3. The molecule has 0 aliphatic heterocycles. The van der Waals surface area contributed by atoms with Crippen molar-refractivity contribution < 1.29 is 28.7 Å². The largest absolute Gasteiger partial charge is 0.461 e. The molecule has 1 heterocycles. The molecule has 0 radical (unpaired) electrons. The SMILES string of the molecule is C=CC(=O)OCCn1c(=O)n(CCOC(=O)C=C)c(=O)n(OC(=O)C=C)c1=O. The highest BCUT2D eigenvalue weighted by Gasteiger charge is 2.18. The van der Waals surface area contributed by atoms with Crippen molar-refractivity contribution in [3.63, 3.8) is 0 Å². The van der Waals surface area contributed by atoms with E-state index in [0.717, 1.165) is 12.2 Å². The van der Waals surface area contributed by atoms with Gasteiger partial charge in [-0.25, -0.2) is 37.9 Å². The van der Waals surface area contributed by atoms with Crippen LogP contribution in [0.25, 0.3) is 0 Å². The standard InChI is InChI=1S/C16H17N3O9/c1-4-11(20)26-9-7-17-14(23)18(8-10-27-12(21)5-2)16(25)19(15(17)24)28-13(22)6-3/h4-6H,1-3,7-10H2. The minimum atomic E-state index is -1.28. The second kappa shape index (κ2) is 10.3. The molecule has 0 saturated heterocycles. The third-order valence-electron chi connectivity index (χ3n) is 3.07. The zero-order valence-electron chi connectivity index (χ0n) is 14.7. The molecule has 12 heteroatoms. The van der Waals surface area contributed by atoms with E-state index in [2.05, 4.69) is 34.0 Å². The van der Waals surface area contributed by atoms with Gasteiger partial charge in [0.1, 0.15) is 13.2 Å². The topological polar surface area (TPSA) is 145 Å². The minimum Gasteiger partial charge on any atom is -0.461 e. The van der Waals surface area contributed by atoms with Crippen LogP contribution in [0.5, 0.6) is 0 Å². The minimum absolute atomic E-state index is 0.0378. The molecule has 1 aromatic rings. The second-order valence-corrected chi connectivity index (χ2v) is 4.80. The van der Waals surface area contributed by atoms with Gasteiger partial charge in [-0.3, -0.25) is 0 Å². The van der Waals surface area contributed by atoms with E-state index < -0.39 is 61.3 Å². The Morgan fingerprint density at radius 2 is 1.11 bits per heavy atom. The van der Waals surface area contributed by atoms with Crippen molar-refractivity contribution >= 4 is 17.9 Å². The van der Waals surface area contributed by atoms with E-state index in [4.69, 9.17) is 0 Å². The van der Waals surface area contributed by atoms with Crippen LogP contribution in [0, 0.1) is 0 Å². The van der Waals surface area contributed by atoms with Crippen molar-refractivity contribution in [3.8, 4) is 0 Å². The van der Waals surface area contributed by atoms with Gasteiger partial charge in [-0.05, 0) is 0 Å². The summed E-state index contributed by atoms with van der Waals surface area (Å²) in [5.41, 5.74) is -3.65. The molecule has 12 nitrogen and oxygen atoms in total. The zero-order valence-corrected chi connectivity index (χ0v) is 14.7. The lowest BCUT2D eigenvalue weighted by molar-refractivity contribution is -0.139. The first-order valence-corrected chi connectivity index (χ1v) is 7.66. The van der Waals surface area contributed by atoms with Gasteiger partial charge < -0.3 is 14.3 Å². The summed E-state index contributed by atoms with van der Waals surface area (Å²) in [6, 6.07) is 0. The first kappa shape index (κ1) is 22.1. The summed E-state index contributed by atoms with van der Waals surface area (Å²) in [6.45, 7) is 7.81. The molecule has 0 aliphatic carbocycles. The fourth-order valence-corrected chi connectivity index (χ4v) is 1.79. The molecule has 0 atom stereocenters. The normalized spacial score (nSPS) is 9.86.